The molecule has 1 aromatic rings. The molecule has 1 aromatic heterocycles. The van der Waals surface area contributed by atoms with E-state index < -0.39 is 0 Å². The highest BCUT2D eigenvalue weighted by Crippen LogP contribution is 2.28. The number of nitrogens with one attached hydrogen (secondary N) is 1. The largest absolute Gasteiger partial charge is 0.452 e. The van der Waals surface area contributed by atoms with Crippen LogP contribution in [-0.4, -0.2) is 36.5 Å². The van der Waals surface area contributed by atoms with E-state index in [9.17, 15) is 4.79 Å². The zero-order valence-electron chi connectivity index (χ0n) is 10.9. The molecule has 2 fully saturated rings. The fourth-order valence-electron chi connectivity index (χ4n) is 2.56. The van der Waals surface area contributed by atoms with E-state index in [0.717, 1.165) is 38.4 Å². The Morgan fingerprint density at radius 3 is 2.68 bits per heavy atom. The molecule has 3 rings (SSSR count). The van der Waals surface area contributed by atoms with Gasteiger partial charge in [0.25, 0.3) is 5.91 Å². The summed E-state index contributed by atoms with van der Waals surface area (Å²) in [4.78, 5) is 14.1. The van der Waals surface area contributed by atoms with Crippen LogP contribution in [-0.2, 0) is 0 Å². The highest BCUT2D eigenvalue weighted by Gasteiger charge is 2.27. The molecule has 2 heterocycles. The Bertz CT molecular complexity index is 448. The summed E-state index contributed by atoms with van der Waals surface area (Å²) in [7, 11) is 0. The van der Waals surface area contributed by atoms with Gasteiger partial charge in [0.2, 0.25) is 5.22 Å². The number of rotatable bonds is 4. The molecule has 0 atom stereocenters. The highest BCUT2D eigenvalue weighted by atomic mass is 35.5. The van der Waals surface area contributed by atoms with Crippen molar-refractivity contribution in [2.75, 3.05) is 19.6 Å². The average molecular weight is 283 g/mol. The van der Waals surface area contributed by atoms with Crippen molar-refractivity contribution < 1.29 is 9.21 Å². The Morgan fingerprint density at radius 1 is 1.37 bits per heavy atom. The number of nitrogens with zero attached hydrogens (tertiary/aromatic N) is 1. The summed E-state index contributed by atoms with van der Waals surface area (Å²) in [6.45, 7) is 2.73. The molecule has 2 aliphatic rings. The minimum Gasteiger partial charge on any atom is -0.452 e. The van der Waals surface area contributed by atoms with Crippen LogP contribution in [0.15, 0.2) is 16.7 Å². The molecule has 0 bridgehead atoms. The van der Waals surface area contributed by atoms with Crippen LogP contribution < -0.4 is 5.32 Å². The lowest BCUT2D eigenvalue weighted by atomic mass is 10.0. The maximum absolute atomic E-state index is 12.2. The smallest absolute Gasteiger partial charge is 0.258 e. The molecule has 1 saturated carbocycles. The van der Waals surface area contributed by atoms with Gasteiger partial charge in [0.1, 0.15) is 0 Å². The molecule has 0 radical (unpaired) electrons. The van der Waals surface area contributed by atoms with Gasteiger partial charge in [-0.25, -0.2) is 0 Å². The molecule has 0 aromatic carbocycles. The third kappa shape index (κ3) is 3.12. The number of carbonyl (C=O) groups excluding carboxylic acids is 1. The molecule has 1 aliphatic heterocycles. The fourth-order valence-corrected chi connectivity index (χ4v) is 2.75. The lowest BCUT2D eigenvalue weighted by Crippen LogP contribution is -2.45. The summed E-state index contributed by atoms with van der Waals surface area (Å²) >= 11 is 5.85. The number of carbonyl (C=O) groups is 1. The van der Waals surface area contributed by atoms with E-state index in [4.69, 9.17) is 16.0 Å². The van der Waals surface area contributed by atoms with Crippen LogP contribution in [0.1, 0.15) is 36.0 Å². The second-order valence-corrected chi connectivity index (χ2v) is 5.87. The molecule has 19 heavy (non-hydrogen) atoms. The second kappa shape index (κ2) is 5.55. The van der Waals surface area contributed by atoms with Gasteiger partial charge in [0.15, 0.2) is 0 Å². The van der Waals surface area contributed by atoms with Crippen LogP contribution in [0.4, 0.5) is 0 Å². The first-order chi connectivity index (χ1) is 9.24. The predicted molar refractivity (Wildman–Crippen MR) is 73.4 cm³/mol. The summed E-state index contributed by atoms with van der Waals surface area (Å²) in [6, 6.07) is 2.20. The number of furan rings is 1. The van der Waals surface area contributed by atoms with Gasteiger partial charge in [-0.3, -0.25) is 4.79 Å². The van der Waals surface area contributed by atoms with Crippen molar-refractivity contribution in [3.05, 3.63) is 23.1 Å². The number of likely N-dealkylation sites (tertiary alicyclic amines) is 1. The topological polar surface area (TPSA) is 45.5 Å². The Kier molecular flexibility index (Phi) is 3.80. The Morgan fingerprint density at radius 2 is 2.11 bits per heavy atom. The second-order valence-electron chi connectivity index (χ2n) is 5.53. The number of halogens is 1. The first-order valence-electron chi connectivity index (χ1n) is 6.99. The average Bonchev–Trinajstić information content (AvgIpc) is 3.17. The summed E-state index contributed by atoms with van der Waals surface area (Å²) in [5.41, 5.74) is 0.478. The normalized spacial score (nSPS) is 20.8. The molecule has 4 nitrogen and oxygen atoms in total. The van der Waals surface area contributed by atoms with Gasteiger partial charge < -0.3 is 14.6 Å². The van der Waals surface area contributed by atoms with Crippen molar-refractivity contribution in [3.63, 3.8) is 0 Å². The quantitative estimate of drug-likeness (QED) is 0.923. The third-order valence-electron chi connectivity index (χ3n) is 4.02. The molecule has 1 N–H and O–H groups in total. The Balaban J connectivity index is 1.49. The van der Waals surface area contributed by atoms with Crippen LogP contribution in [0.5, 0.6) is 0 Å². The maximum atomic E-state index is 12.2. The molecule has 5 heteroatoms. The first-order valence-corrected chi connectivity index (χ1v) is 7.37. The molecule has 1 saturated heterocycles. The van der Waals surface area contributed by atoms with Crippen LogP contribution in [0.2, 0.25) is 5.22 Å². The Labute approximate surface area is 118 Å². The van der Waals surface area contributed by atoms with E-state index in [1.165, 1.54) is 19.1 Å². The molecule has 0 spiro atoms. The first kappa shape index (κ1) is 13.0. The predicted octanol–water partition coefficient (Wildman–Crippen LogP) is 2.54. The van der Waals surface area contributed by atoms with Crippen molar-refractivity contribution in [2.24, 2.45) is 5.92 Å². The standard InChI is InChI=1S/C14H19ClN2O2/c15-13-12(5-8-19-13)14(18)17-6-3-11(4-7-17)16-9-10-1-2-10/h5,8,10-11,16H,1-4,6-7,9H2. The van der Waals surface area contributed by atoms with Crippen molar-refractivity contribution in [3.8, 4) is 0 Å². The summed E-state index contributed by atoms with van der Waals surface area (Å²) < 4.78 is 4.98. The minimum atomic E-state index is -0.0145. The number of hydrogen-bond donors (Lipinski definition) is 1. The fraction of sp³-hybridized carbons (Fsp3) is 0.643. The van der Waals surface area contributed by atoms with Crippen LogP contribution in [0.3, 0.4) is 0 Å². The van der Waals surface area contributed by atoms with Crippen LogP contribution >= 0.6 is 11.6 Å². The van der Waals surface area contributed by atoms with E-state index in [1.54, 1.807) is 6.07 Å². The van der Waals surface area contributed by atoms with Crippen molar-refractivity contribution >= 4 is 17.5 Å². The van der Waals surface area contributed by atoms with Crippen molar-refractivity contribution in [1.82, 2.24) is 10.2 Å². The van der Waals surface area contributed by atoms with Crippen molar-refractivity contribution in [2.45, 2.75) is 31.7 Å². The van der Waals surface area contributed by atoms with Gasteiger partial charge >= 0.3 is 0 Å². The summed E-state index contributed by atoms with van der Waals surface area (Å²) in [5.74, 6) is 0.892. The van der Waals surface area contributed by atoms with E-state index in [2.05, 4.69) is 5.32 Å². The molecular formula is C14H19ClN2O2. The zero-order chi connectivity index (χ0) is 13.2. The van der Waals surface area contributed by atoms with Gasteiger partial charge in [-0.05, 0) is 55.8 Å². The Hall–Kier alpha value is -1.00. The zero-order valence-corrected chi connectivity index (χ0v) is 11.7. The SMILES string of the molecule is O=C(c1ccoc1Cl)N1CCC(NCC2CC2)CC1. The van der Waals surface area contributed by atoms with Crippen LogP contribution in [0.25, 0.3) is 0 Å². The van der Waals surface area contributed by atoms with Gasteiger partial charge in [0, 0.05) is 19.1 Å². The molecular weight excluding hydrogens is 264 g/mol. The van der Waals surface area contributed by atoms with E-state index >= 15 is 0 Å². The minimum absolute atomic E-state index is 0.0145. The van der Waals surface area contributed by atoms with Gasteiger partial charge in [0.05, 0.1) is 11.8 Å². The molecule has 1 aliphatic carbocycles. The molecule has 1 amide bonds. The third-order valence-corrected chi connectivity index (χ3v) is 4.32. The van der Waals surface area contributed by atoms with E-state index in [0.29, 0.717) is 11.6 Å². The summed E-state index contributed by atoms with van der Waals surface area (Å²) in [6.07, 6.45) is 6.26. The highest BCUT2D eigenvalue weighted by molar-refractivity contribution is 6.32. The lowest BCUT2D eigenvalue weighted by Gasteiger charge is -2.32. The van der Waals surface area contributed by atoms with E-state index in [-0.39, 0.29) is 11.1 Å². The summed E-state index contributed by atoms with van der Waals surface area (Å²) in [5, 5.41) is 3.80. The number of piperidine rings is 1. The number of hydrogen-bond acceptors (Lipinski definition) is 3. The molecule has 0 unspecified atom stereocenters. The lowest BCUT2D eigenvalue weighted by molar-refractivity contribution is 0.0704. The van der Waals surface area contributed by atoms with Crippen LogP contribution in [0, 0.1) is 5.92 Å². The van der Waals surface area contributed by atoms with Crippen molar-refractivity contribution in [1.29, 1.82) is 0 Å². The van der Waals surface area contributed by atoms with Gasteiger partial charge in [-0.15, -0.1) is 0 Å². The van der Waals surface area contributed by atoms with Gasteiger partial charge in [-0.2, -0.15) is 0 Å². The monoisotopic (exact) mass is 282 g/mol. The van der Waals surface area contributed by atoms with Gasteiger partial charge in [-0.1, -0.05) is 0 Å². The maximum Gasteiger partial charge on any atom is 0.258 e. The number of amides is 1. The van der Waals surface area contributed by atoms with E-state index in [1.807, 2.05) is 4.90 Å². The molecule has 104 valence electrons.